The molecular weight excluding hydrogens is 331 g/mol. The van der Waals surface area contributed by atoms with Crippen molar-refractivity contribution in [2.24, 2.45) is 5.92 Å². The molecule has 2 aromatic rings. The van der Waals surface area contributed by atoms with Gasteiger partial charge < -0.3 is 5.32 Å². The van der Waals surface area contributed by atoms with E-state index >= 15 is 0 Å². The van der Waals surface area contributed by atoms with Gasteiger partial charge in [-0.2, -0.15) is 0 Å². The molecule has 0 atom stereocenters. The van der Waals surface area contributed by atoms with Crippen molar-refractivity contribution >= 4 is 15.8 Å². The Bertz CT molecular complexity index is 788. The second kappa shape index (κ2) is 6.82. The maximum Gasteiger partial charge on any atom is 0.213 e. The number of rotatable bonds is 6. The van der Waals surface area contributed by atoms with Crippen molar-refractivity contribution in [2.75, 3.05) is 30.7 Å². The Kier molecular flexibility index (Phi) is 4.77. The van der Waals surface area contributed by atoms with Gasteiger partial charge in [-0.05, 0) is 43.3 Å². The lowest BCUT2D eigenvalue weighted by Gasteiger charge is -2.37. The molecule has 0 radical (unpaired) electrons. The van der Waals surface area contributed by atoms with Gasteiger partial charge in [-0.15, -0.1) is 10.2 Å². The fraction of sp³-hybridized carbons (Fsp3) is 0.375. The summed E-state index contributed by atoms with van der Waals surface area (Å²) in [6.45, 7) is 3.40. The van der Waals surface area contributed by atoms with Crippen molar-refractivity contribution in [2.45, 2.75) is 6.92 Å². The summed E-state index contributed by atoms with van der Waals surface area (Å²) in [4.78, 5) is 0. The Hall–Kier alpha value is -2.06. The number of aromatic nitrogens is 2. The highest BCUT2D eigenvalue weighted by molar-refractivity contribution is 7.89. The minimum absolute atomic E-state index is 0.142. The van der Waals surface area contributed by atoms with Crippen molar-refractivity contribution < 1.29 is 12.8 Å². The third-order valence-corrected chi connectivity index (χ3v) is 5.87. The van der Waals surface area contributed by atoms with Crippen molar-refractivity contribution in [1.29, 1.82) is 0 Å². The largest absolute Gasteiger partial charge is 0.368 e. The van der Waals surface area contributed by atoms with E-state index in [1.54, 1.807) is 19.1 Å². The number of nitrogens with one attached hydrogen (secondary N) is 1. The molecule has 1 aromatic carbocycles. The highest BCUT2D eigenvalue weighted by Crippen LogP contribution is 2.21. The summed E-state index contributed by atoms with van der Waals surface area (Å²) in [6, 6.07) is 9.71. The molecule has 0 saturated carbocycles. The summed E-state index contributed by atoms with van der Waals surface area (Å²) in [6.07, 6.45) is 0. The van der Waals surface area contributed by atoms with E-state index in [0.29, 0.717) is 31.1 Å². The number of hydrogen-bond acceptors (Lipinski definition) is 5. The van der Waals surface area contributed by atoms with Gasteiger partial charge in [0, 0.05) is 31.1 Å². The zero-order chi connectivity index (χ0) is 17.2. The molecule has 1 saturated heterocycles. The lowest BCUT2D eigenvalue weighted by atomic mass is 10.0. The Morgan fingerprint density at radius 1 is 1.17 bits per heavy atom. The van der Waals surface area contributed by atoms with Crippen LogP contribution in [-0.4, -0.2) is 48.3 Å². The van der Waals surface area contributed by atoms with Crippen LogP contribution in [0.15, 0.2) is 36.4 Å². The van der Waals surface area contributed by atoms with Crippen LogP contribution >= 0.6 is 0 Å². The van der Waals surface area contributed by atoms with E-state index in [2.05, 4.69) is 15.5 Å². The van der Waals surface area contributed by atoms with Crippen molar-refractivity contribution in [3.63, 3.8) is 0 Å². The molecule has 1 aliphatic heterocycles. The Morgan fingerprint density at radius 2 is 1.88 bits per heavy atom. The third kappa shape index (κ3) is 3.70. The summed E-state index contributed by atoms with van der Waals surface area (Å²) in [5.41, 5.74) is 1.47. The number of hydrogen-bond donors (Lipinski definition) is 1. The second-order valence-electron chi connectivity index (χ2n) is 5.78. The molecule has 1 fully saturated rings. The average Bonchev–Trinajstić information content (AvgIpc) is 2.54. The molecule has 24 heavy (non-hydrogen) atoms. The van der Waals surface area contributed by atoms with Crippen LogP contribution in [0.25, 0.3) is 11.3 Å². The average molecular weight is 350 g/mol. The van der Waals surface area contributed by atoms with E-state index in [-0.39, 0.29) is 17.5 Å². The topological polar surface area (TPSA) is 75.2 Å². The van der Waals surface area contributed by atoms with Gasteiger partial charge in [-0.1, -0.05) is 0 Å². The van der Waals surface area contributed by atoms with Crippen LogP contribution in [0, 0.1) is 11.7 Å². The van der Waals surface area contributed by atoms with Gasteiger partial charge in [0.1, 0.15) is 11.6 Å². The highest BCUT2D eigenvalue weighted by atomic mass is 32.2. The molecule has 3 rings (SSSR count). The van der Waals surface area contributed by atoms with Crippen LogP contribution in [0.2, 0.25) is 0 Å². The van der Waals surface area contributed by atoms with Crippen molar-refractivity contribution in [1.82, 2.24) is 14.5 Å². The van der Waals surface area contributed by atoms with Gasteiger partial charge in [0.05, 0.1) is 11.4 Å². The molecule has 6 nitrogen and oxygen atoms in total. The van der Waals surface area contributed by atoms with Crippen LogP contribution < -0.4 is 5.32 Å². The molecular formula is C16H19FN4O2S. The molecule has 1 aliphatic rings. The molecule has 1 N–H and O–H groups in total. The molecule has 0 spiro atoms. The van der Waals surface area contributed by atoms with Gasteiger partial charge in [0.2, 0.25) is 10.0 Å². The number of benzene rings is 1. The SMILES string of the molecule is CCS(=O)(=O)N1CC(CNc2ccc(-c3ccc(F)cc3)nn2)C1. The first kappa shape index (κ1) is 16.8. The summed E-state index contributed by atoms with van der Waals surface area (Å²) >= 11 is 0. The number of anilines is 1. The first-order valence-corrected chi connectivity index (χ1v) is 9.40. The molecule has 0 aliphatic carbocycles. The summed E-state index contributed by atoms with van der Waals surface area (Å²) < 4.78 is 37.7. The monoisotopic (exact) mass is 350 g/mol. The Labute approximate surface area is 140 Å². The summed E-state index contributed by atoms with van der Waals surface area (Å²) in [7, 11) is -3.07. The molecule has 1 aromatic heterocycles. The van der Waals surface area contributed by atoms with Gasteiger partial charge in [0.15, 0.2) is 0 Å². The molecule has 0 unspecified atom stereocenters. The van der Waals surface area contributed by atoms with E-state index in [4.69, 9.17) is 0 Å². The zero-order valence-electron chi connectivity index (χ0n) is 13.3. The first-order valence-electron chi connectivity index (χ1n) is 7.79. The van der Waals surface area contributed by atoms with Crippen LogP contribution in [0.3, 0.4) is 0 Å². The Balaban J connectivity index is 1.52. The minimum atomic E-state index is -3.07. The van der Waals surface area contributed by atoms with E-state index in [1.807, 2.05) is 12.1 Å². The number of nitrogens with zero attached hydrogens (tertiary/aromatic N) is 3. The normalized spacial score (nSPS) is 15.9. The van der Waals surface area contributed by atoms with E-state index in [9.17, 15) is 12.8 Å². The van der Waals surface area contributed by atoms with Gasteiger partial charge in [0.25, 0.3) is 0 Å². The second-order valence-corrected chi connectivity index (χ2v) is 8.03. The number of sulfonamides is 1. The summed E-state index contributed by atoms with van der Waals surface area (Å²) in [5, 5.41) is 11.4. The molecule has 2 heterocycles. The maximum atomic E-state index is 12.9. The van der Waals surface area contributed by atoms with Gasteiger partial charge >= 0.3 is 0 Å². The van der Waals surface area contributed by atoms with Crippen LogP contribution in [-0.2, 0) is 10.0 Å². The predicted octanol–water partition coefficient (Wildman–Crippen LogP) is 1.98. The smallest absolute Gasteiger partial charge is 0.213 e. The number of halogens is 1. The van der Waals surface area contributed by atoms with Gasteiger partial charge in [-0.3, -0.25) is 0 Å². The minimum Gasteiger partial charge on any atom is -0.368 e. The Morgan fingerprint density at radius 3 is 2.46 bits per heavy atom. The molecule has 8 heteroatoms. The van der Waals surface area contributed by atoms with Crippen LogP contribution in [0.1, 0.15) is 6.92 Å². The quantitative estimate of drug-likeness (QED) is 0.862. The molecule has 0 bridgehead atoms. The molecule has 0 amide bonds. The summed E-state index contributed by atoms with van der Waals surface area (Å²) in [5.74, 6) is 0.774. The third-order valence-electron chi connectivity index (χ3n) is 4.06. The maximum absolute atomic E-state index is 12.9. The van der Waals surface area contributed by atoms with E-state index in [1.165, 1.54) is 16.4 Å². The zero-order valence-corrected chi connectivity index (χ0v) is 14.1. The predicted molar refractivity (Wildman–Crippen MR) is 90.4 cm³/mol. The standard InChI is InChI=1S/C16H19FN4O2S/c1-2-24(22,23)21-10-12(11-21)9-18-16-8-7-15(19-20-16)13-3-5-14(17)6-4-13/h3-8,12H,2,9-11H2,1H3,(H,18,20). The van der Waals surface area contributed by atoms with Crippen LogP contribution in [0.5, 0.6) is 0 Å². The lowest BCUT2D eigenvalue weighted by Crippen LogP contribution is -2.52. The molecule has 128 valence electrons. The van der Waals surface area contributed by atoms with Crippen molar-refractivity contribution in [3.8, 4) is 11.3 Å². The van der Waals surface area contributed by atoms with Crippen LogP contribution in [0.4, 0.5) is 10.2 Å². The van der Waals surface area contributed by atoms with Gasteiger partial charge in [-0.25, -0.2) is 17.1 Å². The first-order chi connectivity index (χ1) is 11.5. The fourth-order valence-electron chi connectivity index (χ4n) is 2.51. The highest BCUT2D eigenvalue weighted by Gasteiger charge is 2.34. The lowest BCUT2D eigenvalue weighted by molar-refractivity contribution is 0.212. The van der Waals surface area contributed by atoms with E-state index in [0.717, 1.165) is 5.56 Å². The fourth-order valence-corrected chi connectivity index (χ4v) is 3.75. The van der Waals surface area contributed by atoms with Crippen molar-refractivity contribution in [3.05, 3.63) is 42.2 Å². The van der Waals surface area contributed by atoms with E-state index < -0.39 is 10.0 Å².